The molecule has 0 amide bonds. The molecule has 0 bridgehead atoms. The van der Waals surface area contributed by atoms with E-state index in [-0.39, 0.29) is 0 Å². The van der Waals surface area contributed by atoms with Gasteiger partial charge in [-0.3, -0.25) is 4.98 Å². The molecule has 2 aromatic heterocycles. The van der Waals surface area contributed by atoms with Gasteiger partial charge in [0.25, 0.3) is 0 Å². The second kappa shape index (κ2) is 14.9. The summed E-state index contributed by atoms with van der Waals surface area (Å²) in [4.78, 5) is 9.20. The van der Waals surface area contributed by atoms with E-state index in [9.17, 15) is 5.26 Å². The van der Waals surface area contributed by atoms with Gasteiger partial charge in [-0.2, -0.15) is 9.64 Å². The number of nitrogens with zero attached hydrogens (tertiary/aromatic N) is 4. The van der Waals surface area contributed by atoms with Crippen molar-refractivity contribution in [3.05, 3.63) is 103 Å². The van der Waals surface area contributed by atoms with Crippen molar-refractivity contribution in [2.45, 2.75) is 30.7 Å². The predicted molar refractivity (Wildman–Crippen MR) is 178 cm³/mol. The van der Waals surface area contributed by atoms with Crippen molar-refractivity contribution in [1.82, 2.24) is 25.0 Å². The molecule has 0 aliphatic carbocycles. The summed E-state index contributed by atoms with van der Waals surface area (Å²) in [5, 5.41) is 17.7. The minimum atomic E-state index is 0.444. The molecule has 1 aliphatic heterocycles. The Labute approximate surface area is 266 Å². The summed E-state index contributed by atoms with van der Waals surface area (Å²) < 4.78 is 13.6. The number of piperidine rings is 1. The summed E-state index contributed by atoms with van der Waals surface area (Å²) in [7, 11) is 0. The number of nitrogens with one attached hydrogen (secondary N) is 3. The van der Waals surface area contributed by atoms with E-state index in [0.717, 1.165) is 59.2 Å². The molecule has 0 radical (unpaired) electrons. The van der Waals surface area contributed by atoms with E-state index in [1.807, 2.05) is 30.3 Å². The van der Waals surface area contributed by atoms with E-state index in [4.69, 9.17) is 4.74 Å². The predicted octanol–water partition coefficient (Wildman–Crippen LogP) is 7.53. The van der Waals surface area contributed by atoms with Crippen LogP contribution in [0.5, 0.6) is 11.5 Å². The van der Waals surface area contributed by atoms with Crippen LogP contribution in [-0.2, 0) is 6.54 Å². The van der Waals surface area contributed by atoms with Gasteiger partial charge < -0.3 is 20.1 Å². The van der Waals surface area contributed by atoms with Gasteiger partial charge in [-0.05, 0) is 128 Å². The Bertz CT molecular complexity index is 1700. The van der Waals surface area contributed by atoms with E-state index in [1.165, 1.54) is 54.6 Å². The standard InChI is InChI=1S/C34H33N7OS2/c35-21-29-19-30(43-41-34-39-23-40-44-34)5-7-32(29)42-33-6-4-28(20-31(33)26-11-16-37-17-12-26)27-3-1-2-25(18-27)22-38-15-10-24-8-13-36-14-9-24/h1-7,11-12,16-20,23-24,36,38H,8-10,13-15,22H2,(H,39,40,41). The average Bonchev–Trinajstić information content (AvgIpc) is 3.61. The number of anilines is 1. The molecule has 1 fully saturated rings. The van der Waals surface area contributed by atoms with E-state index in [0.29, 0.717) is 22.2 Å². The second-order valence-electron chi connectivity index (χ2n) is 10.6. The minimum absolute atomic E-state index is 0.444. The van der Waals surface area contributed by atoms with Gasteiger partial charge in [0, 0.05) is 40.9 Å². The first-order valence-electron chi connectivity index (χ1n) is 14.7. The fourth-order valence-corrected chi connectivity index (χ4v) is 6.45. The van der Waals surface area contributed by atoms with Crippen molar-refractivity contribution >= 4 is 28.6 Å². The summed E-state index contributed by atoms with van der Waals surface area (Å²) in [5.41, 5.74) is 5.85. The molecule has 0 atom stereocenters. The third-order valence-electron chi connectivity index (χ3n) is 7.66. The number of hydrogen-bond acceptors (Lipinski definition) is 10. The van der Waals surface area contributed by atoms with Crippen LogP contribution in [0.15, 0.2) is 96.4 Å². The molecule has 1 saturated heterocycles. The lowest BCUT2D eigenvalue weighted by atomic mass is 9.95. The van der Waals surface area contributed by atoms with Crippen LogP contribution in [0.1, 0.15) is 30.4 Å². The molecule has 1 aliphatic rings. The Morgan fingerprint density at radius 1 is 0.955 bits per heavy atom. The van der Waals surface area contributed by atoms with Gasteiger partial charge in [0.1, 0.15) is 23.9 Å². The van der Waals surface area contributed by atoms with Gasteiger partial charge in [0.05, 0.1) is 5.56 Å². The van der Waals surface area contributed by atoms with E-state index < -0.39 is 0 Å². The Balaban J connectivity index is 1.19. The first-order chi connectivity index (χ1) is 21.7. The molecule has 3 N–H and O–H groups in total. The number of pyridine rings is 1. The molecule has 0 unspecified atom stereocenters. The zero-order valence-electron chi connectivity index (χ0n) is 24.2. The summed E-state index contributed by atoms with van der Waals surface area (Å²) >= 11 is 2.65. The van der Waals surface area contributed by atoms with Crippen LogP contribution in [-0.4, -0.2) is 34.0 Å². The van der Waals surface area contributed by atoms with Gasteiger partial charge in [-0.25, -0.2) is 4.98 Å². The lowest BCUT2D eigenvalue weighted by Gasteiger charge is -2.22. The lowest BCUT2D eigenvalue weighted by Crippen LogP contribution is -2.29. The van der Waals surface area contributed by atoms with Gasteiger partial charge >= 0.3 is 0 Å². The minimum Gasteiger partial charge on any atom is -0.455 e. The summed E-state index contributed by atoms with van der Waals surface area (Å²) in [6, 6.07) is 26.7. The number of ether oxygens (including phenoxy) is 1. The molecule has 0 saturated carbocycles. The van der Waals surface area contributed by atoms with E-state index in [1.54, 1.807) is 18.5 Å². The smallest absolute Gasteiger partial charge is 0.212 e. The van der Waals surface area contributed by atoms with E-state index in [2.05, 4.69) is 72.2 Å². The highest BCUT2D eigenvalue weighted by molar-refractivity contribution is 8.00. The maximum Gasteiger partial charge on any atom is 0.212 e. The first kappa shape index (κ1) is 29.8. The van der Waals surface area contributed by atoms with Crippen LogP contribution >= 0.6 is 23.5 Å². The molecular formula is C34H33N7OS2. The normalized spacial score (nSPS) is 13.3. The molecule has 5 aromatic rings. The molecule has 10 heteroatoms. The van der Waals surface area contributed by atoms with Crippen molar-refractivity contribution in [2.75, 3.05) is 24.4 Å². The number of nitriles is 1. The van der Waals surface area contributed by atoms with Crippen molar-refractivity contribution in [3.8, 4) is 39.8 Å². The summed E-state index contributed by atoms with van der Waals surface area (Å²) in [6.07, 6.45) is 8.85. The third-order valence-corrected chi connectivity index (χ3v) is 9.15. The average molecular weight is 620 g/mol. The third kappa shape index (κ3) is 7.81. The van der Waals surface area contributed by atoms with Crippen LogP contribution in [0.25, 0.3) is 22.3 Å². The lowest BCUT2D eigenvalue weighted by molar-refractivity contribution is 0.348. The largest absolute Gasteiger partial charge is 0.455 e. The van der Waals surface area contributed by atoms with Crippen LogP contribution in [0.4, 0.5) is 5.13 Å². The van der Waals surface area contributed by atoms with Gasteiger partial charge in [-0.1, -0.05) is 24.3 Å². The van der Waals surface area contributed by atoms with Crippen LogP contribution in [0.3, 0.4) is 0 Å². The molecule has 8 nitrogen and oxygen atoms in total. The molecule has 3 aromatic carbocycles. The Kier molecular flexibility index (Phi) is 10.1. The van der Waals surface area contributed by atoms with Crippen molar-refractivity contribution in [2.24, 2.45) is 5.92 Å². The Morgan fingerprint density at radius 3 is 2.61 bits per heavy atom. The van der Waals surface area contributed by atoms with Crippen molar-refractivity contribution in [1.29, 1.82) is 5.26 Å². The first-order valence-corrected chi connectivity index (χ1v) is 16.3. The molecule has 6 rings (SSSR count). The SMILES string of the molecule is N#Cc1cc(SNc2ncns2)ccc1Oc1ccc(-c2cccc(CNCCC3CCNCC3)c2)cc1-c1ccncc1. The maximum atomic E-state index is 9.93. The Morgan fingerprint density at radius 2 is 1.80 bits per heavy atom. The fourth-order valence-electron chi connectivity index (χ4n) is 5.31. The fraction of sp³-hybridized carbons (Fsp3) is 0.235. The molecular weight excluding hydrogens is 587 g/mol. The molecule has 3 heterocycles. The van der Waals surface area contributed by atoms with Crippen LogP contribution < -0.4 is 20.1 Å². The molecule has 222 valence electrons. The molecule has 44 heavy (non-hydrogen) atoms. The highest BCUT2D eigenvalue weighted by Gasteiger charge is 2.15. The monoisotopic (exact) mass is 619 g/mol. The number of aromatic nitrogens is 3. The second-order valence-corrected chi connectivity index (χ2v) is 12.3. The zero-order chi connectivity index (χ0) is 30.0. The topological polar surface area (TPSA) is 108 Å². The van der Waals surface area contributed by atoms with E-state index >= 15 is 0 Å². The van der Waals surface area contributed by atoms with Gasteiger partial charge in [-0.15, -0.1) is 0 Å². The quantitative estimate of drug-likeness (QED) is 0.0965. The van der Waals surface area contributed by atoms with Gasteiger partial charge in [0.15, 0.2) is 0 Å². The Hall–Kier alpha value is -4.27. The number of benzene rings is 3. The summed E-state index contributed by atoms with van der Waals surface area (Å²) in [5.74, 6) is 1.99. The zero-order valence-corrected chi connectivity index (χ0v) is 25.8. The van der Waals surface area contributed by atoms with Crippen LogP contribution in [0, 0.1) is 17.2 Å². The highest BCUT2D eigenvalue weighted by atomic mass is 32.2. The van der Waals surface area contributed by atoms with Crippen LogP contribution in [0.2, 0.25) is 0 Å². The van der Waals surface area contributed by atoms with Crippen molar-refractivity contribution < 1.29 is 4.74 Å². The maximum absolute atomic E-state index is 9.93. The van der Waals surface area contributed by atoms with Crippen molar-refractivity contribution in [3.63, 3.8) is 0 Å². The number of hydrogen-bond donors (Lipinski definition) is 3. The highest BCUT2D eigenvalue weighted by Crippen LogP contribution is 2.38. The van der Waals surface area contributed by atoms with Gasteiger partial charge in [0.2, 0.25) is 5.13 Å². The summed E-state index contributed by atoms with van der Waals surface area (Å²) in [6.45, 7) is 4.18. The number of rotatable bonds is 12. The molecule has 0 spiro atoms.